The molecule has 0 spiro atoms. The summed E-state index contributed by atoms with van der Waals surface area (Å²) >= 11 is 1.15. The maximum absolute atomic E-state index is 12.9. The summed E-state index contributed by atoms with van der Waals surface area (Å²) in [6.07, 6.45) is 1.70. The summed E-state index contributed by atoms with van der Waals surface area (Å²) in [6, 6.07) is 13.3. The van der Waals surface area contributed by atoms with Crippen LogP contribution in [0.1, 0.15) is 18.2 Å². The van der Waals surface area contributed by atoms with Gasteiger partial charge >= 0.3 is 5.97 Å². The average molecular weight is 428 g/mol. The van der Waals surface area contributed by atoms with Crippen molar-refractivity contribution in [3.8, 4) is 5.69 Å². The van der Waals surface area contributed by atoms with Crippen LogP contribution in [-0.2, 0) is 20.9 Å². The molecule has 0 aliphatic rings. The Hall–Kier alpha value is -3.20. The number of nitrogens with one attached hydrogen (secondary N) is 1. The van der Waals surface area contributed by atoms with Crippen molar-refractivity contribution in [3.63, 3.8) is 0 Å². The van der Waals surface area contributed by atoms with E-state index >= 15 is 0 Å². The predicted molar refractivity (Wildman–Crippen MR) is 113 cm³/mol. The van der Waals surface area contributed by atoms with Crippen molar-refractivity contribution in [1.82, 2.24) is 15.0 Å². The number of amides is 1. The van der Waals surface area contributed by atoms with E-state index in [1.807, 2.05) is 31.2 Å². The van der Waals surface area contributed by atoms with Crippen molar-refractivity contribution in [1.29, 1.82) is 0 Å². The summed E-state index contributed by atoms with van der Waals surface area (Å²) in [7, 11) is 0. The largest absolute Gasteiger partial charge is 0.458 e. The highest BCUT2D eigenvalue weighted by Crippen LogP contribution is 2.15. The van der Waals surface area contributed by atoms with Gasteiger partial charge in [-0.1, -0.05) is 22.9 Å². The molecule has 1 N–H and O–H groups in total. The Morgan fingerprint density at radius 1 is 1.17 bits per heavy atom. The van der Waals surface area contributed by atoms with E-state index in [9.17, 15) is 14.0 Å². The van der Waals surface area contributed by atoms with Crippen molar-refractivity contribution >= 4 is 29.3 Å². The summed E-state index contributed by atoms with van der Waals surface area (Å²) in [5, 5.41) is 10.2. The molecule has 0 saturated carbocycles. The fourth-order valence-electron chi connectivity index (χ4n) is 2.45. The molecule has 0 aliphatic heterocycles. The number of carbonyl (C=O) groups excluding carboxylic acids is 2. The molecule has 0 fully saturated rings. The van der Waals surface area contributed by atoms with Crippen molar-refractivity contribution in [2.24, 2.45) is 0 Å². The fraction of sp³-hybridized carbons (Fsp3) is 0.238. The molecule has 2 aromatic carbocycles. The number of carbonyl (C=O) groups is 2. The minimum absolute atomic E-state index is 0.00261. The van der Waals surface area contributed by atoms with Gasteiger partial charge in [-0.3, -0.25) is 9.59 Å². The average Bonchev–Trinajstić information content (AvgIpc) is 3.21. The molecule has 3 rings (SSSR count). The number of halogens is 1. The van der Waals surface area contributed by atoms with E-state index in [1.165, 1.54) is 24.3 Å². The van der Waals surface area contributed by atoms with E-state index in [4.69, 9.17) is 4.74 Å². The number of thioether (sulfide) groups is 1. The molecular weight excluding hydrogens is 407 g/mol. The highest BCUT2D eigenvalue weighted by molar-refractivity contribution is 8.01. The number of anilines is 1. The standard InChI is InChI=1S/C21H21FN4O3S/c1-14-3-9-19(10-4-14)26-11-18(24-25-26)12-29-21(28)15(2)30-13-20(27)23-17-7-5-16(22)6-8-17/h3-11,15H,12-13H2,1-2H3,(H,23,27). The van der Waals surface area contributed by atoms with Crippen LogP contribution < -0.4 is 5.32 Å². The SMILES string of the molecule is Cc1ccc(-n2cc(COC(=O)C(C)SCC(=O)Nc3ccc(F)cc3)nn2)cc1. The molecule has 0 aliphatic carbocycles. The topological polar surface area (TPSA) is 86.1 Å². The Kier molecular flexibility index (Phi) is 7.18. The number of hydrogen-bond donors (Lipinski definition) is 1. The van der Waals surface area contributed by atoms with Gasteiger partial charge in [0.2, 0.25) is 5.91 Å². The van der Waals surface area contributed by atoms with E-state index in [2.05, 4.69) is 15.6 Å². The third-order valence-corrected chi connectivity index (χ3v) is 5.25. The van der Waals surface area contributed by atoms with Crippen LogP contribution in [0.4, 0.5) is 10.1 Å². The lowest BCUT2D eigenvalue weighted by atomic mass is 10.2. The van der Waals surface area contributed by atoms with Gasteiger partial charge < -0.3 is 10.1 Å². The number of ether oxygens (including phenoxy) is 1. The summed E-state index contributed by atoms with van der Waals surface area (Å²) in [5.41, 5.74) is 3.02. The van der Waals surface area contributed by atoms with Gasteiger partial charge in [0, 0.05) is 5.69 Å². The zero-order chi connectivity index (χ0) is 21.5. The summed E-state index contributed by atoms with van der Waals surface area (Å²) in [6.45, 7) is 3.67. The molecule has 9 heteroatoms. The van der Waals surface area contributed by atoms with Gasteiger partial charge in [0.25, 0.3) is 0 Å². The second kappa shape index (κ2) is 10.0. The van der Waals surface area contributed by atoms with E-state index in [-0.39, 0.29) is 24.1 Å². The van der Waals surface area contributed by atoms with E-state index in [0.717, 1.165) is 23.0 Å². The summed E-state index contributed by atoms with van der Waals surface area (Å²) in [4.78, 5) is 24.1. The number of rotatable bonds is 8. The second-order valence-corrected chi connectivity index (χ2v) is 7.94. The number of hydrogen-bond acceptors (Lipinski definition) is 6. The van der Waals surface area contributed by atoms with Gasteiger partial charge in [0.1, 0.15) is 23.4 Å². The Morgan fingerprint density at radius 2 is 1.87 bits per heavy atom. The van der Waals surface area contributed by atoms with E-state index in [0.29, 0.717) is 11.4 Å². The lowest BCUT2D eigenvalue weighted by Crippen LogP contribution is -2.21. The van der Waals surface area contributed by atoms with Crippen LogP contribution in [0, 0.1) is 12.7 Å². The van der Waals surface area contributed by atoms with Crippen molar-refractivity contribution in [2.45, 2.75) is 25.7 Å². The number of aryl methyl sites for hydroxylation is 1. The van der Waals surface area contributed by atoms with Gasteiger partial charge in [-0.2, -0.15) is 0 Å². The molecule has 0 bridgehead atoms. The Bertz CT molecular complexity index is 1010. The molecule has 3 aromatic rings. The Morgan fingerprint density at radius 3 is 2.57 bits per heavy atom. The summed E-state index contributed by atoms with van der Waals surface area (Å²) in [5.74, 6) is -1.04. The minimum atomic E-state index is -0.531. The normalized spacial score (nSPS) is 11.7. The predicted octanol–water partition coefficient (Wildman–Crippen LogP) is 3.52. The number of benzene rings is 2. The lowest BCUT2D eigenvalue weighted by Gasteiger charge is -2.10. The maximum atomic E-state index is 12.9. The van der Waals surface area contributed by atoms with Crippen LogP contribution in [-0.4, -0.2) is 37.9 Å². The second-order valence-electron chi connectivity index (χ2n) is 6.61. The first-order valence-corrected chi connectivity index (χ1v) is 10.3. The molecular formula is C21H21FN4O3S. The molecule has 1 unspecified atom stereocenters. The highest BCUT2D eigenvalue weighted by Gasteiger charge is 2.17. The Labute approximate surface area is 177 Å². The van der Waals surface area contributed by atoms with E-state index in [1.54, 1.807) is 17.8 Å². The number of nitrogens with zero attached hydrogens (tertiary/aromatic N) is 3. The van der Waals surface area contributed by atoms with Crippen LogP contribution >= 0.6 is 11.8 Å². The first kappa shape index (κ1) is 21.5. The van der Waals surface area contributed by atoms with Crippen LogP contribution in [0.15, 0.2) is 54.7 Å². The van der Waals surface area contributed by atoms with Crippen LogP contribution in [0.5, 0.6) is 0 Å². The molecule has 7 nitrogen and oxygen atoms in total. The van der Waals surface area contributed by atoms with Crippen molar-refractivity contribution < 1.29 is 18.7 Å². The van der Waals surface area contributed by atoms with Gasteiger partial charge in [-0.25, -0.2) is 9.07 Å². The lowest BCUT2D eigenvalue weighted by molar-refractivity contribution is -0.144. The first-order valence-electron chi connectivity index (χ1n) is 9.22. The third kappa shape index (κ3) is 6.15. The van der Waals surface area contributed by atoms with Gasteiger partial charge in [-0.15, -0.1) is 16.9 Å². The number of aromatic nitrogens is 3. The van der Waals surface area contributed by atoms with Gasteiger partial charge in [0.15, 0.2) is 0 Å². The monoisotopic (exact) mass is 428 g/mol. The van der Waals surface area contributed by atoms with E-state index < -0.39 is 11.2 Å². The number of esters is 1. The zero-order valence-corrected chi connectivity index (χ0v) is 17.4. The quantitative estimate of drug-likeness (QED) is 0.553. The molecule has 1 heterocycles. The maximum Gasteiger partial charge on any atom is 0.319 e. The fourth-order valence-corrected chi connectivity index (χ4v) is 3.13. The molecule has 1 atom stereocenters. The van der Waals surface area contributed by atoms with Crippen molar-refractivity contribution in [2.75, 3.05) is 11.1 Å². The van der Waals surface area contributed by atoms with Crippen LogP contribution in [0.3, 0.4) is 0 Å². The van der Waals surface area contributed by atoms with Gasteiger partial charge in [-0.05, 0) is 50.2 Å². The smallest absolute Gasteiger partial charge is 0.319 e. The molecule has 1 amide bonds. The summed E-state index contributed by atoms with van der Waals surface area (Å²) < 4.78 is 19.8. The highest BCUT2D eigenvalue weighted by atomic mass is 32.2. The third-order valence-electron chi connectivity index (χ3n) is 4.13. The van der Waals surface area contributed by atoms with Gasteiger partial charge in [0.05, 0.1) is 17.6 Å². The first-order chi connectivity index (χ1) is 14.4. The van der Waals surface area contributed by atoms with Crippen molar-refractivity contribution in [3.05, 3.63) is 71.8 Å². The van der Waals surface area contributed by atoms with Crippen LogP contribution in [0.25, 0.3) is 5.69 Å². The molecule has 1 aromatic heterocycles. The molecule has 0 radical (unpaired) electrons. The zero-order valence-electron chi connectivity index (χ0n) is 16.5. The molecule has 0 saturated heterocycles. The van der Waals surface area contributed by atoms with Crippen LogP contribution in [0.2, 0.25) is 0 Å². The molecule has 156 valence electrons. The molecule has 30 heavy (non-hydrogen) atoms. The minimum Gasteiger partial charge on any atom is -0.458 e. The Balaban J connectivity index is 1.42.